The van der Waals surface area contributed by atoms with Crippen LogP contribution in [0.2, 0.25) is 0 Å². The van der Waals surface area contributed by atoms with E-state index in [-0.39, 0.29) is 5.91 Å². The number of anilines is 2. The van der Waals surface area contributed by atoms with Gasteiger partial charge in [0.15, 0.2) is 0 Å². The Balaban J connectivity index is 1.54. The van der Waals surface area contributed by atoms with E-state index in [9.17, 15) is 4.79 Å². The summed E-state index contributed by atoms with van der Waals surface area (Å²) in [5.74, 6) is 0.293. The number of rotatable bonds is 4. The zero-order chi connectivity index (χ0) is 18.6. The summed E-state index contributed by atoms with van der Waals surface area (Å²) in [6.45, 7) is 4.58. The quantitative estimate of drug-likeness (QED) is 0.763. The second kappa shape index (κ2) is 7.55. The number of aryl methyl sites for hydroxylation is 1. The van der Waals surface area contributed by atoms with Crippen molar-refractivity contribution in [1.29, 1.82) is 0 Å². The molecule has 0 spiro atoms. The van der Waals surface area contributed by atoms with Gasteiger partial charge in [-0.3, -0.25) is 4.79 Å². The Kier molecular flexibility index (Phi) is 4.80. The lowest BCUT2D eigenvalue weighted by molar-refractivity contribution is 0.102. The molecule has 8 nitrogen and oxygen atoms in total. The first-order chi connectivity index (χ1) is 13.2. The van der Waals surface area contributed by atoms with Gasteiger partial charge in [-0.1, -0.05) is 6.07 Å². The maximum absolute atomic E-state index is 12.7. The highest BCUT2D eigenvalue weighted by Gasteiger charge is 2.17. The lowest BCUT2D eigenvalue weighted by Crippen LogP contribution is -2.37. The van der Waals surface area contributed by atoms with Gasteiger partial charge >= 0.3 is 0 Å². The fourth-order valence-electron chi connectivity index (χ4n) is 2.92. The van der Waals surface area contributed by atoms with Crippen molar-refractivity contribution in [2.45, 2.75) is 6.92 Å². The second-order valence-electron chi connectivity index (χ2n) is 6.25. The largest absolute Gasteiger partial charge is 0.378 e. The summed E-state index contributed by atoms with van der Waals surface area (Å²) < 4.78 is 7.10. The maximum atomic E-state index is 12.7. The van der Waals surface area contributed by atoms with Crippen LogP contribution in [0.15, 0.2) is 48.8 Å². The van der Waals surface area contributed by atoms with E-state index in [1.165, 1.54) is 0 Å². The van der Waals surface area contributed by atoms with E-state index in [2.05, 4.69) is 20.4 Å². The lowest BCUT2D eigenvalue weighted by Gasteiger charge is -2.27. The van der Waals surface area contributed by atoms with Crippen LogP contribution in [0.25, 0.3) is 5.69 Å². The van der Waals surface area contributed by atoms with Gasteiger partial charge in [0.1, 0.15) is 5.69 Å². The minimum atomic E-state index is -0.271. The molecule has 0 bridgehead atoms. The highest BCUT2D eigenvalue weighted by Crippen LogP contribution is 2.16. The minimum absolute atomic E-state index is 0.271. The lowest BCUT2D eigenvalue weighted by atomic mass is 10.2. The van der Waals surface area contributed by atoms with Crippen molar-refractivity contribution < 1.29 is 9.53 Å². The van der Waals surface area contributed by atoms with Crippen molar-refractivity contribution in [2.24, 2.45) is 0 Å². The first kappa shape index (κ1) is 17.2. The van der Waals surface area contributed by atoms with E-state index in [1.54, 1.807) is 16.9 Å². The fraction of sp³-hybridized carbons (Fsp3) is 0.263. The standard InChI is InChI=1S/C19H20N6O2/c1-14-12-17(23-19(21-14)24-8-10-27-11-9-24)18(26)22-15-4-2-5-16(13-15)25-7-3-6-20-25/h2-7,12-13H,8-11H2,1H3,(H,22,26). The summed E-state index contributed by atoms with van der Waals surface area (Å²) in [4.78, 5) is 23.7. The number of nitrogens with zero attached hydrogens (tertiary/aromatic N) is 5. The summed E-state index contributed by atoms with van der Waals surface area (Å²) in [5.41, 5.74) is 2.64. The predicted octanol–water partition coefficient (Wildman–Crippen LogP) is 2.06. The number of hydrogen-bond acceptors (Lipinski definition) is 6. The fourth-order valence-corrected chi connectivity index (χ4v) is 2.92. The van der Waals surface area contributed by atoms with Crippen molar-refractivity contribution in [1.82, 2.24) is 19.7 Å². The van der Waals surface area contributed by atoms with Gasteiger partial charge in [0.25, 0.3) is 5.91 Å². The molecule has 1 saturated heterocycles. The van der Waals surface area contributed by atoms with Crippen molar-refractivity contribution in [3.05, 3.63) is 60.2 Å². The van der Waals surface area contributed by atoms with Gasteiger partial charge < -0.3 is 15.0 Å². The van der Waals surface area contributed by atoms with E-state index in [1.807, 2.05) is 48.4 Å². The first-order valence-corrected chi connectivity index (χ1v) is 8.79. The molecule has 1 aliphatic heterocycles. The Morgan fingerprint density at radius 1 is 1.15 bits per heavy atom. The average Bonchev–Trinajstić information content (AvgIpc) is 3.23. The molecule has 0 radical (unpaired) electrons. The maximum Gasteiger partial charge on any atom is 0.274 e. The third-order valence-electron chi connectivity index (χ3n) is 4.24. The molecule has 4 rings (SSSR count). The van der Waals surface area contributed by atoms with Gasteiger partial charge in [-0.05, 0) is 37.3 Å². The molecular weight excluding hydrogens is 344 g/mol. The molecule has 1 aromatic carbocycles. The number of carbonyl (C=O) groups is 1. The topological polar surface area (TPSA) is 85.2 Å². The van der Waals surface area contributed by atoms with Gasteiger partial charge in [-0.15, -0.1) is 0 Å². The number of ether oxygens (including phenoxy) is 1. The van der Waals surface area contributed by atoms with Crippen molar-refractivity contribution in [3.63, 3.8) is 0 Å². The number of hydrogen-bond donors (Lipinski definition) is 1. The van der Waals surface area contributed by atoms with Crippen LogP contribution in [-0.4, -0.2) is 52.0 Å². The number of benzene rings is 1. The normalized spacial score (nSPS) is 14.2. The zero-order valence-electron chi connectivity index (χ0n) is 15.0. The van der Waals surface area contributed by atoms with Crippen molar-refractivity contribution >= 4 is 17.5 Å². The van der Waals surface area contributed by atoms with E-state index in [0.29, 0.717) is 30.5 Å². The molecule has 1 aliphatic rings. The van der Waals surface area contributed by atoms with E-state index in [0.717, 1.165) is 24.5 Å². The molecule has 138 valence electrons. The molecule has 27 heavy (non-hydrogen) atoms. The number of nitrogens with one attached hydrogen (secondary N) is 1. The first-order valence-electron chi connectivity index (χ1n) is 8.79. The molecule has 3 heterocycles. The summed E-state index contributed by atoms with van der Waals surface area (Å²) in [6.07, 6.45) is 3.56. The summed E-state index contributed by atoms with van der Waals surface area (Å²) in [6, 6.07) is 11.0. The molecule has 0 unspecified atom stereocenters. The van der Waals surface area contributed by atoms with Crippen LogP contribution in [0.5, 0.6) is 0 Å². The van der Waals surface area contributed by atoms with E-state index in [4.69, 9.17) is 4.74 Å². The Labute approximate surface area is 156 Å². The smallest absolute Gasteiger partial charge is 0.274 e. The van der Waals surface area contributed by atoms with Crippen LogP contribution in [0, 0.1) is 6.92 Å². The number of aromatic nitrogens is 4. The second-order valence-corrected chi connectivity index (χ2v) is 6.25. The van der Waals surface area contributed by atoms with Crippen LogP contribution in [-0.2, 0) is 4.74 Å². The average molecular weight is 364 g/mol. The molecule has 2 aromatic heterocycles. The molecule has 0 atom stereocenters. The van der Waals surface area contributed by atoms with Crippen LogP contribution in [0.1, 0.15) is 16.2 Å². The van der Waals surface area contributed by atoms with Crippen LogP contribution in [0.4, 0.5) is 11.6 Å². The van der Waals surface area contributed by atoms with Crippen molar-refractivity contribution in [3.8, 4) is 5.69 Å². The number of carbonyl (C=O) groups excluding carboxylic acids is 1. The SMILES string of the molecule is Cc1cc(C(=O)Nc2cccc(-n3cccn3)c2)nc(N2CCOCC2)n1. The molecule has 0 aliphatic carbocycles. The number of amides is 1. The molecular formula is C19H20N6O2. The van der Waals surface area contributed by atoms with Gasteiger partial charge in [0.2, 0.25) is 5.95 Å². The molecule has 0 saturated carbocycles. The highest BCUT2D eigenvalue weighted by molar-refractivity contribution is 6.03. The molecule has 8 heteroatoms. The van der Waals surface area contributed by atoms with Crippen LogP contribution < -0.4 is 10.2 Å². The summed E-state index contributed by atoms with van der Waals surface area (Å²) in [7, 11) is 0. The Morgan fingerprint density at radius 2 is 2.00 bits per heavy atom. The molecule has 3 aromatic rings. The third-order valence-corrected chi connectivity index (χ3v) is 4.24. The van der Waals surface area contributed by atoms with E-state index < -0.39 is 0 Å². The zero-order valence-corrected chi connectivity index (χ0v) is 15.0. The monoisotopic (exact) mass is 364 g/mol. The predicted molar refractivity (Wildman–Crippen MR) is 101 cm³/mol. The molecule has 1 fully saturated rings. The summed E-state index contributed by atoms with van der Waals surface area (Å²) in [5, 5.41) is 7.11. The number of morpholine rings is 1. The highest BCUT2D eigenvalue weighted by atomic mass is 16.5. The Morgan fingerprint density at radius 3 is 2.78 bits per heavy atom. The van der Waals surface area contributed by atoms with Crippen LogP contribution >= 0.6 is 0 Å². The third kappa shape index (κ3) is 3.95. The Bertz CT molecular complexity index is 935. The van der Waals surface area contributed by atoms with Crippen LogP contribution in [0.3, 0.4) is 0 Å². The van der Waals surface area contributed by atoms with E-state index >= 15 is 0 Å². The summed E-state index contributed by atoms with van der Waals surface area (Å²) >= 11 is 0. The van der Waals surface area contributed by atoms with Crippen molar-refractivity contribution in [2.75, 3.05) is 36.5 Å². The molecule has 1 N–H and O–H groups in total. The van der Waals surface area contributed by atoms with Gasteiger partial charge in [0, 0.05) is 36.9 Å². The Hall–Kier alpha value is -3.26. The van der Waals surface area contributed by atoms with Gasteiger partial charge in [0.05, 0.1) is 18.9 Å². The molecule has 1 amide bonds. The van der Waals surface area contributed by atoms with Gasteiger partial charge in [-0.2, -0.15) is 5.10 Å². The van der Waals surface area contributed by atoms with Gasteiger partial charge in [-0.25, -0.2) is 14.6 Å². The minimum Gasteiger partial charge on any atom is -0.378 e.